The summed E-state index contributed by atoms with van der Waals surface area (Å²) < 4.78 is 0. The summed E-state index contributed by atoms with van der Waals surface area (Å²) in [6, 6.07) is 0.331. The van der Waals surface area contributed by atoms with Crippen molar-refractivity contribution in [3.63, 3.8) is 0 Å². The minimum absolute atomic E-state index is 0.0126. The quantitative estimate of drug-likeness (QED) is 0.0381. The zero-order valence-electron chi connectivity index (χ0n) is 92.6. The van der Waals surface area contributed by atoms with E-state index in [1.807, 2.05) is 30.4 Å². The molecule has 3 aromatic rings. The highest BCUT2D eigenvalue weighted by Crippen LogP contribution is 2.49. The Morgan fingerprint density at radius 2 is 0.372 bits per heavy atom. The second-order valence-electron chi connectivity index (χ2n) is 47.0. The minimum Gasteiger partial charge on any atom is -0.341 e. The molecule has 0 radical (unpaired) electrons. The molecule has 137 heavy (non-hydrogen) atoms. The van der Waals surface area contributed by atoms with Crippen LogP contribution < -0.4 is 39.2 Å². The van der Waals surface area contributed by atoms with E-state index in [0.29, 0.717) is 33.0 Å². The van der Waals surface area contributed by atoms with Crippen molar-refractivity contribution in [2.75, 3.05) is 144 Å². The summed E-state index contributed by atoms with van der Waals surface area (Å²) in [6.07, 6.45) is 40.4. The van der Waals surface area contributed by atoms with Crippen LogP contribution in [0.15, 0.2) is 63.3 Å². The van der Waals surface area contributed by atoms with E-state index in [9.17, 15) is 0 Å². The molecule has 0 aromatic carbocycles. The van der Waals surface area contributed by atoms with Crippen molar-refractivity contribution in [2.24, 2.45) is 0 Å². The molecular weight excluding hydrogens is 1710 g/mol. The van der Waals surface area contributed by atoms with Crippen molar-refractivity contribution in [1.82, 2.24) is 70.2 Å². The zero-order valence-corrected chi connectivity index (χ0v) is 92.6. The Kier molecular flexibility index (Phi) is 44.7. The third-order valence-corrected chi connectivity index (χ3v) is 29.3. The summed E-state index contributed by atoms with van der Waals surface area (Å²) in [7, 11) is 0. The van der Waals surface area contributed by atoms with Crippen LogP contribution in [0, 0.1) is 6.92 Å². The smallest absolute Gasteiger partial charge is 0.232 e. The molecule has 0 amide bonds. The van der Waals surface area contributed by atoms with E-state index in [1.54, 1.807) is 0 Å². The zero-order chi connectivity index (χ0) is 101. The second kappa shape index (κ2) is 52.8. The Labute approximate surface area is 835 Å². The Hall–Kier alpha value is -6.27. The van der Waals surface area contributed by atoms with Gasteiger partial charge in [0.15, 0.2) is 0 Å². The number of hydroxylamine groups is 10. The van der Waals surface area contributed by atoms with Gasteiger partial charge in [-0.05, 0) is 280 Å². The van der Waals surface area contributed by atoms with Crippen LogP contribution >= 0.6 is 0 Å². The Balaban J connectivity index is 1.28. The summed E-state index contributed by atoms with van der Waals surface area (Å²) in [5.41, 5.74) is -3.56. The van der Waals surface area contributed by atoms with Crippen molar-refractivity contribution in [1.29, 1.82) is 0 Å². The maximum atomic E-state index is 6.80. The van der Waals surface area contributed by atoms with Crippen LogP contribution in [0.3, 0.4) is 0 Å². The van der Waals surface area contributed by atoms with E-state index in [1.165, 1.54) is 0 Å². The number of unbranched alkanes of at least 4 members (excludes halogenated alkanes) is 13. The van der Waals surface area contributed by atoms with E-state index in [0.717, 1.165) is 331 Å². The Bertz CT molecular complexity index is 3950. The summed E-state index contributed by atoms with van der Waals surface area (Å²) >= 11 is 0. The molecule has 5 saturated heterocycles. The number of anilines is 8. The fraction of sp³-hybridized carbons (Fsp3) is 0.827. The predicted octanol–water partition coefficient (Wildman–Crippen LogP) is 23.8. The van der Waals surface area contributed by atoms with Crippen LogP contribution in [0.4, 0.5) is 47.6 Å². The molecule has 0 atom stereocenters. The fourth-order valence-corrected chi connectivity index (χ4v) is 24.2. The van der Waals surface area contributed by atoms with E-state index in [4.69, 9.17) is 69.0 Å². The van der Waals surface area contributed by atoms with E-state index in [-0.39, 0.29) is 63.4 Å². The molecular formula is C110H200N22O5. The van der Waals surface area contributed by atoms with Crippen molar-refractivity contribution in [2.45, 2.75) is 485 Å². The number of hydrogen-bond acceptors (Lipinski definition) is 27. The molecule has 3 aromatic heterocycles. The van der Waals surface area contributed by atoms with Crippen molar-refractivity contribution in [3.05, 3.63) is 69.1 Å². The van der Waals surface area contributed by atoms with Crippen molar-refractivity contribution in [3.8, 4) is 0 Å². The first-order valence-corrected chi connectivity index (χ1v) is 54.3. The lowest BCUT2D eigenvalue weighted by Crippen LogP contribution is -2.65. The molecule has 0 unspecified atom stereocenters. The maximum absolute atomic E-state index is 6.80. The molecule has 27 nitrogen and oxygen atoms in total. The third-order valence-electron chi connectivity index (χ3n) is 29.3. The van der Waals surface area contributed by atoms with Crippen LogP contribution in [0.1, 0.15) is 398 Å². The van der Waals surface area contributed by atoms with Gasteiger partial charge in [0.1, 0.15) is 5.82 Å². The highest BCUT2D eigenvalue weighted by Gasteiger charge is 2.55. The van der Waals surface area contributed by atoms with Gasteiger partial charge in [-0.15, -0.1) is 32.9 Å². The van der Waals surface area contributed by atoms with Gasteiger partial charge in [-0.3, -0.25) is 24.2 Å². The van der Waals surface area contributed by atoms with Gasteiger partial charge in [0.2, 0.25) is 47.6 Å². The van der Waals surface area contributed by atoms with Gasteiger partial charge in [0, 0.05) is 158 Å². The van der Waals surface area contributed by atoms with Gasteiger partial charge in [-0.2, -0.15) is 70.2 Å². The van der Waals surface area contributed by atoms with Crippen LogP contribution in [-0.2, 0) is 24.2 Å². The van der Waals surface area contributed by atoms with Gasteiger partial charge < -0.3 is 39.2 Å². The minimum atomic E-state index is -0.399. The van der Waals surface area contributed by atoms with Gasteiger partial charge in [-0.1, -0.05) is 149 Å². The predicted molar refractivity (Wildman–Crippen MR) is 575 cm³/mol. The van der Waals surface area contributed by atoms with E-state index >= 15 is 0 Å². The standard InChI is InChI=1S/C110H200N22O5/c1-34-46-61-120(62-47-35-2)93-111-87(13)112-96(114-93)124(89-79-103(18,19)129(134-73-42-9)104(20,21)80-89)68-57-53-54-59-70-126(91-83-107(26,27)131(136-75-44-11)108(28,29)84-91)99-117-98(123(67-52-40-7)88-77-101(14,15)128(133-72-41-8)102(16,17)78-88)118-100(119-99)127(92-85-109(30,31)132(137-76-45-12)110(32,33)86-92)71-60-56-55-58-69-125(90-81-105(22,23)130(135-74-43-10)106(24,25)82-90)97-115-94(121(63-48-36-3)64-49-37-4)113-95(116-97)122(65-50-38-5)66-51-39-6/h41-45,88-92H,8-12,34-40,46-86H2,1-7,13-33H3. The fourth-order valence-electron chi connectivity index (χ4n) is 24.2. The molecule has 780 valence electrons. The van der Waals surface area contributed by atoms with Gasteiger partial charge >= 0.3 is 0 Å². The molecule has 0 spiro atoms. The number of hydrogen-bond donors (Lipinski definition) is 0. The van der Waals surface area contributed by atoms with E-state index < -0.39 is 22.2 Å². The highest BCUT2D eigenvalue weighted by molar-refractivity contribution is 5.51. The average molecular weight is 1910 g/mol. The number of aromatic nitrogens is 9. The number of piperidine rings is 5. The first-order chi connectivity index (χ1) is 64.8. The summed E-state index contributed by atoms with van der Waals surface area (Å²) in [4.78, 5) is 105. The highest BCUT2D eigenvalue weighted by atomic mass is 16.7. The Morgan fingerprint density at radius 3 is 0.555 bits per heavy atom. The lowest BCUT2D eigenvalue weighted by atomic mass is 9.78. The summed E-state index contributed by atoms with van der Waals surface area (Å²) in [6.45, 7) is 97.0. The largest absolute Gasteiger partial charge is 0.341 e. The summed E-state index contributed by atoms with van der Waals surface area (Å²) in [5.74, 6) is 6.94. The molecule has 8 rings (SSSR count). The lowest BCUT2D eigenvalue weighted by molar-refractivity contribution is -0.276. The molecule has 27 heteroatoms. The SMILES string of the molecule is C=CCON1C(C)(C)CC(N(CCCCCCN(c2nc(N(CCCC)C3CC(C)(C)N(OCC=C)C(C)(C)C3)nc(N(CCCCCCN(c3nc(N(CCCC)CCCC)nc(N(CCCC)CCCC)n3)C3CC(C)(C)N(OCC=C)C(C)(C)C3)C3CC(C)(C)N(OCC=C)C(C)(C)C3)n2)C2CC(C)(C)N(OCC=C)C(C)(C)C2)c2nc(C)nc(N(CCCC)CCCC)n2)CC1(C)C. The molecule has 0 bridgehead atoms. The first-order valence-electron chi connectivity index (χ1n) is 54.3. The van der Waals surface area contributed by atoms with Crippen LogP contribution in [0.2, 0.25) is 0 Å². The summed E-state index contributed by atoms with van der Waals surface area (Å²) in [5, 5.41) is 11.3. The maximum Gasteiger partial charge on any atom is 0.232 e. The Morgan fingerprint density at radius 1 is 0.226 bits per heavy atom. The molecule has 8 heterocycles. The second-order valence-corrected chi connectivity index (χ2v) is 47.0. The normalized spacial score (nSPS) is 20.2. The van der Waals surface area contributed by atoms with Crippen molar-refractivity contribution >= 4 is 47.6 Å². The first kappa shape index (κ1) is 116. The average Bonchev–Trinajstić information content (AvgIpc) is 0.755. The lowest BCUT2D eigenvalue weighted by Gasteiger charge is -2.56. The number of rotatable bonds is 63. The number of aryl methyl sites for hydroxylation is 1. The van der Waals surface area contributed by atoms with Gasteiger partial charge in [-0.25, -0.2) is 0 Å². The van der Waals surface area contributed by atoms with Crippen LogP contribution in [-0.4, -0.2) is 261 Å². The van der Waals surface area contributed by atoms with Crippen LogP contribution in [0.5, 0.6) is 0 Å². The monoisotopic (exact) mass is 1910 g/mol. The van der Waals surface area contributed by atoms with Gasteiger partial charge in [0.05, 0.1) is 33.0 Å². The van der Waals surface area contributed by atoms with Gasteiger partial charge in [0.25, 0.3) is 0 Å². The molecule has 0 N–H and O–H groups in total. The third kappa shape index (κ3) is 31.9. The number of nitrogens with zero attached hydrogens (tertiary/aromatic N) is 22. The molecule has 0 aliphatic carbocycles. The molecule has 5 fully saturated rings. The van der Waals surface area contributed by atoms with Crippen molar-refractivity contribution < 1.29 is 24.2 Å². The molecule has 0 saturated carbocycles. The molecule has 5 aliphatic rings. The van der Waals surface area contributed by atoms with E-state index in [2.05, 4.69) is 291 Å². The topological polar surface area (TPSA) is 204 Å². The van der Waals surface area contributed by atoms with Crippen LogP contribution in [0.25, 0.3) is 0 Å². The molecule has 5 aliphatic heterocycles.